The Hall–Kier alpha value is -2.57. The number of aromatic nitrogens is 2. The average molecular weight is 308 g/mol. The number of rotatable bonds is 1. The highest BCUT2D eigenvalue weighted by molar-refractivity contribution is 5.81. The predicted molar refractivity (Wildman–Crippen MR) is 74.1 cm³/mol. The van der Waals surface area contributed by atoms with Gasteiger partial charge in [-0.25, -0.2) is 4.79 Å². The van der Waals surface area contributed by atoms with Crippen molar-refractivity contribution in [3.8, 4) is 5.69 Å². The fourth-order valence-electron chi connectivity index (χ4n) is 2.39. The number of hydrogen-bond acceptors (Lipinski definition) is 3. The third kappa shape index (κ3) is 2.28. The molecule has 0 N–H and O–H groups in total. The first-order valence-corrected chi connectivity index (χ1v) is 6.45. The van der Waals surface area contributed by atoms with E-state index >= 15 is 0 Å². The van der Waals surface area contributed by atoms with Crippen molar-refractivity contribution in [3.63, 3.8) is 0 Å². The van der Waals surface area contributed by atoms with Crippen molar-refractivity contribution < 1.29 is 17.6 Å². The summed E-state index contributed by atoms with van der Waals surface area (Å²) in [7, 11) is 0. The van der Waals surface area contributed by atoms with Crippen LogP contribution in [0.25, 0.3) is 16.8 Å². The number of nitrogens with zero attached hydrogens (tertiary/aromatic N) is 2. The SMILES string of the molecule is Cc1cc(=O)oc2c1c(C)nn2-c1ccc(C(F)(F)F)cc1. The zero-order valence-corrected chi connectivity index (χ0v) is 11.7. The van der Waals surface area contributed by atoms with Crippen molar-refractivity contribution in [3.05, 3.63) is 57.6 Å². The third-order valence-corrected chi connectivity index (χ3v) is 3.38. The molecule has 3 rings (SSSR count). The van der Waals surface area contributed by atoms with E-state index in [-0.39, 0.29) is 5.71 Å². The molecule has 0 amide bonds. The van der Waals surface area contributed by atoms with Crippen molar-refractivity contribution in [2.24, 2.45) is 0 Å². The van der Waals surface area contributed by atoms with Crippen molar-refractivity contribution in [2.75, 3.05) is 0 Å². The minimum Gasteiger partial charge on any atom is -0.403 e. The Morgan fingerprint density at radius 1 is 1.14 bits per heavy atom. The maximum atomic E-state index is 12.6. The molecule has 3 aromatic rings. The number of aryl methyl sites for hydroxylation is 2. The van der Waals surface area contributed by atoms with Gasteiger partial charge >= 0.3 is 11.8 Å². The second-order valence-corrected chi connectivity index (χ2v) is 4.97. The first-order chi connectivity index (χ1) is 10.3. The Morgan fingerprint density at radius 3 is 2.36 bits per heavy atom. The van der Waals surface area contributed by atoms with Crippen LogP contribution < -0.4 is 5.63 Å². The van der Waals surface area contributed by atoms with Crippen LogP contribution in [-0.2, 0) is 6.18 Å². The molecule has 4 nitrogen and oxygen atoms in total. The van der Waals surface area contributed by atoms with Crippen LogP contribution in [0.15, 0.2) is 39.5 Å². The fraction of sp³-hybridized carbons (Fsp3) is 0.200. The molecule has 0 atom stereocenters. The minimum atomic E-state index is -4.40. The number of fused-ring (bicyclic) bond motifs is 1. The molecular weight excluding hydrogens is 297 g/mol. The van der Waals surface area contributed by atoms with Crippen LogP contribution in [-0.4, -0.2) is 9.78 Å². The van der Waals surface area contributed by atoms with Crippen LogP contribution in [0.1, 0.15) is 16.8 Å². The Kier molecular flexibility index (Phi) is 3.09. The molecule has 0 unspecified atom stereocenters. The van der Waals surface area contributed by atoms with Crippen molar-refractivity contribution >= 4 is 11.1 Å². The molecular formula is C15H11F3N2O2. The molecule has 2 heterocycles. The van der Waals surface area contributed by atoms with Gasteiger partial charge in [-0.15, -0.1) is 0 Å². The van der Waals surface area contributed by atoms with Gasteiger partial charge in [-0.3, -0.25) is 0 Å². The summed E-state index contributed by atoms with van der Waals surface area (Å²) in [6.07, 6.45) is -4.40. The predicted octanol–water partition coefficient (Wildman–Crippen LogP) is 3.61. The molecule has 2 aromatic heterocycles. The first kappa shape index (κ1) is 14.4. The normalized spacial score (nSPS) is 12.0. The van der Waals surface area contributed by atoms with E-state index in [1.165, 1.54) is 22.9 Å². The maximum absolute atomic E-state index is 12.6. The number of alkyl halides is 3. The molecule has 0 aliphatic rings. The lowest BCUT2D eigenvalue weighted by Crippen LogP contribution is -2.06. The lowest BCUT2D eigenvalue weighted by molar-refractivity contribution is -0.137. The van der Waals surface area contributed by atoms with Crippen LogP contribution >= 0.6 is 0 Å². The van der Waals surface area contributed by atoms with Gasteiger partial charge in [0.2, 0.25) is 5.71 Å². The van der Waals surface area contributed by atoms with Gasteiger partial charge in [0.1, 0.15) is 0 Å². The molecule has 1 aromatic carbocycles. The van der Waals surface area contributed by atoms with Gasteiger partial charge in [-0.2, -0.15) is 23.0 Å². The van der Waals surface area contributed by atoms with Gasteiger partial charge in [0.15, 0.2) is 0 Å². The summed E-state index contributed by atoms with van der Waals surface area (Å²) in [5.41, 5.74) is 0.681. The molecule has 22 heavy (non-hydrogen) atoms. The molecule has 0 bridgehead atoms. The van der Waals surface area contributed by atoms with E-state index in [9.17, 15) is 18.0 Å². The molecule has 0 aliphatic heterocycles. The smallest absolute Gasteiger partial charge is 0.403 e. The summed E-state index contributed by atoms with van der Waals surface area (Å²) in [5.74, 6) is 0. The summed E-state index contributed by atoms with van der Waals surface area (Å²) in [4.78, 5) is 11.5. The van der Waals surface area contributed by atoms with E-state index in [0.29, 0.717) is 22.3 Å². The van der Waals surface area contributed by atoms with Gasteiger partial charge < -0.3 is 4.42 Å². The van der Waals surface area contributed by atoms with E-state index in [1.807, 2.05) is 0 Å². The molecule has 0 saturated heterocycles. The second-order valence-electron chi connectivity index (χ2n) is 4.97. The van der Waals surface area contributed by atoms with Crippen LogP contribution in [0.4, 0.5) is 13.2 Å². The number of halogens is 3. The van der Waals surface area contributed by atoms with E-state index in [4.69, 9.17) is 4.42 Å². The summed E-state index contributed by atoms with van der Waals surface area (Å²) in [6.45, 7) is 3.50. The zero-order valence-electron chi connectivity index (χ0n) is 11.7. The quantitative estimate of drug-likeness (QED) is 0.690. The molecule has 7 heteroatoms. The average Bonchev–Trinajstić information content (AvgIpc) is 2.75. The molecule has 0 aliphatic carbocycles. The topological polar surface area (TPSA) is 48.0 Å². The number of hydrogen-bond donors (Lipinski definition) is 0. The van der Waals surface area contributed by atoms with Crippen LogP contribution in [0.3, 0.4) is 0 Å². The van der Waals surface area contributed by atoms with Gasteiger partial charge in [-0.1, -0.05) is 0 Å². The van der Waals surface area contributed by atoms with Crippen LogP contribution in [0.5, 0.6) is 0 Å². The van der Waals surface area contributed by atoms with Gasteiger partial charge in [0.25, 0.3) is 0 Å². The monoisotopic (exact) mass is 308 g/mol. The van der Waals surface area contributed by atoms with Gasteiger partial charge in [0, 0.05) is 6.07 Å². The largest absolute Gasteiger partial charge is 0.416 e. The maximum Gasteiger partial charge on any atom is 0.416 e. The Morgan fingerprint density at radius 2 is 1.77 bits per heavy atom. The molecule has 0 radical (unpaired) electrons. The molecule has 0 spiro atoms. The standard InChI is InChI=1S/C15H11F3N2O2/c1-8-7-12(21)22-14-13(8)9(2)19-20(14)11-5-3-10(4-6-11)15(16,17)18/h3-7H,1-2H3. The van der Waals surface area contributed by atoms with E-state index < -0.39 is 17.4 Å². The Balaban J connectivity index is 2.21. The summed E-state index contributed by atoms with van der Waals surface area (Å²) in [5, 5.41) is 4.94. The minimum absolute atomic E-state index is 0.224. The molecule has 0 fully saturated rings. The summed E-state index contributed by atoms with van der Waals surface area (Å²) < 4.78 is 44.3. The second kappa shape index (κ2) is 4.72. The highest BCUT2D eigenvalue weighted by atomic mass is 19.4. The van der Waals surface area contributed by atoms with Gasteiger partial charge in [0.05, 0.1) is 22.3 Å². The zero-order chi connectivity index (χ0) is 16.1. The van der Waals surface area contributed by atoms with Crippen LogP contribution in [0.2, 0.25) is 0 Å². The van der Waals surface area contributed by atoms with Crippen molar-refractivity contribution in [1.82, 2.24) is 9.78 Å². The molecule has 0 saturated carbocycles. The Bertz CT molecular complexity index is 905. The van der Waals surface area contributed by atoms with E-state index in [1.54, 1.807) is 13.8 Å². The van der Waals surface area contributed by atoms with Crippen molar-refractivity contribution in [1.29, 1.82) is 0 Å². The highest BCUT2D eigenvalue weighted by Crippen LogP contribution is 2.30. The van der Waals surface area contributed by atoms with E-state index in [2.05, 4.69) is 5.10 Å². The number of benzene rings is 1. The highest BCUT2D eigenvalue weighted by Gasteiger charge is 2.30. The van der Waals surface area contributed by atoms with Crippen molar-refractivity contribution in [2.45, 2.75) is 20.0 Å². The third-order valence-electron chi connectivity index (χ3n) is 3.38. The first-order valence-electron chi connectivity index (χ1n) is 6.45. The summed E-state index contributed by atoms with van der Waals surface area (Å²) >= 11 is 0. The fourth-order valence-corrected chi connectivity index (χ4v) is 2.39. The van der Waals surface area contributed by atoms with Crippen LogP contribution in [0, 0.1) is 13.8 Å². The lowest BCUT2D eigenvalue weighted by atomic mass is 10.2. The molecule has 114 valence electrons. The van der Waals surface area contributed by atoms with E-state index in [0.717, 1.165) is 12.1 Å². The van der Waals surface area contributed by atoms with Gasteiger partial charge in [-0.05, 0) is 43.7 Å². The summed E-state index contributed by atoms with van der Waals surface area (Å²) in [6, 6.07) is 5.86. The lowest BCUT2D eigenvalue weighted by Gasteiger charge is -2.07. The Labute approximate surface area is 122 Å².